The molecule has 1 unspecified atom stereocenters. The summed E-state index contributed by atoms with van der Waals surface area (Å²) in [4.78, 5) is 28.6. The second kappa shape index (κ2) is 8.10. The van der Waals surface area contributed by atoms with E-state index in [-0.39, 0.29) is 24.2 Å². The van der Waals surface area contributed by atoms with Gasteiger partial charge in [-0.3, -0.25) is 9.59 Å². The van der Waals surface area contributed by atoms with Crippen molar-refractivity contribution in [3.63, 3.8) is 0 Å². The predicted molar refractivity (Wildman–Crippen MR) is 94.2 cm³/mol. The highest BCUT2D eigenvalue weighted by Crippen LogP contribution is 2.10. The summed E-state index contributed by atoms with van der Waals surface area (Å²) in [6.07, 6.45) is 1.72. The highest BCUT2D eigenvalue weighted by atomic mass is 16.2. The third-order valence-electron chi connectivity index (χ3n) is 3.53. The van der Waals surface area contributed by atoms with Gasteiger partial charge in [-0.2, -0.15) is 0 Å². The summed E-state index contributed by atoms with van der Waals surface area (Å²) in [7, 11) is 0. The van der Waals surface area contributed by atoms with Gasteiger partial charge in [-0.25, -0.2) is 4.98 Å². The molecule has 0 aliphatic carbocycles. The molecule has 0 radical (unpaired) electrons. The number of nitrogens with two attached hydrogens (primary N) is 1. The number of carbonyl (C=O) groups is 2. The molecule has 2 rings (SSSR count). The molecule has 0 spiro atoms. The maximum Gasteiger partial charge on any atom is 0.247 e. The number of hydrogen-bond donors (Lipinski definition) is 3. The van der Waals surface area contributed by atoms with E-state index in [9.17, 15) is 9.59 Å². The number of amides is 2. The van der Waals surface area contributed by atoms with Gasteiger partial charge >= 0.3 is 0 Å². The number of hydrogen-bond acceptors (Lipinski definition) is 4. The zero-order chi connectivity index (χ0) is 17.5. The Balaban J connectivity index is 1.98. The molecular weight excluding hydrogens is 304 g/mol. The number of anilines is 2. The average Bonchev–Trinajstić information content (AvgIpc) is 2.55. The molecule has 0 aliphatic rings. The van der Waals surface area contributed by atoms with Crippen LogP contribution in [-0.4, -0.2) is 22.8 Å². The Morgan fingerprint density at radius 1 is 1.12 bits per heavy atom. The zero-order valence-electron chi connectivity index (χ0n) is 13.8. The van der Waals surface area contributed by atoms with Crippen LogP contribution in [0.4, 0.5) is 11.5 Å². The minimum Gasteiger partial charge on any atom is -0.384 e. The van der Waals surface area contributed by atoms with Gasteiger partial charge in [0.1, 0.15) is 11.9 Å². The molecule has 0 bridgehead atoms. The van der Waals surface area contributed by atoms with Crippen LogP contribution in [0, 0.1) is 5.92 Å². The Kier molecular flexibility index (Phi) is 5.89. The van der Waals surface area contributed by atoms with Crippen molar-refractivity contribution < 1.29 is 9.59 Å². The van der Waals surface area contributed by atoms with E-state index in [0.717, 1.165) is 5.56 Å². The number of benzene rings is 1. The second-order valence-corrected chi connectivity index (χ2v) is 5.91. The fourth-order valence-electron chi connectivity index (χ4n) is 2.24. The summed E-state index contributed by atoms with van der Waals surface area (Å²) in [6, 6.07) is 12.1. The Bertz CT molecular complexity index is 684. The number of aromatic nitrogens is 1. The van der Waals surface area contributed by atoms with Crippen LogP contribution in [0.25, 0.3) is 0 Å². The number of pyridine rings is 1. The first-order valence-electron chi connectivity index (χ1n) is 7.81. The molecule has 1 aromatic carbocycles. The van der Waals surface area contributed by atoms with Gasteiger partial charge in [0.05, 0.1) is 18.3 Å². The Morgan fingerprint density at radius 2 is 1.83 bits per heavy atom. The number of nitrogens with zero attached hydrogens (tertiary/aromatic N) is 1. The van der Waals surface area contributed by atoms with E-state index in [1.165, 1.54) is 6.20 Å². The van der Waals surface area contributed by atoms with Crippen LogP contribution < -0.4 is 16.4 Å². The molecule has 0 saturated carbocycles. The average molecular weight is 326 g/mol. The van der Waals surface area contributed by atoms with Crippen molar-refractivity contribution in [1.82, 2.24) is 10.3 Å². The van der Waals surface area contributed by atoms with Crippen molar-refractivity contribution in [2.75, 3.05) is 11.1 Å². The molecular formula is C18H22N4O2. The molecule has 0 fully saturated rings. The van der Waals surface area contributed by atoms with Gasteiger partial charge in [-0.15, -0.1) is 0 Å². The molecule has 6 nitrogen and oxygen atoms in total. The van der Waals surface area contributed by atoms with Crippen LogP contribution in [0.3, 0.4) is 0 Å². The van der Waals surface area contributed by atoms with E-state index in [1.54, 1.807) is 12.1 Å². The van der Waals surface area contributed by atoms with Gasteiger partial charge in [-0.1, -0.05) is 44.2 Å². The SMILES string of the molecule is CC(C)C(NC(=O)Cc1ccccc1)C(=O)Nc1ccc(N)nc1. The summed E-state index contributed by atoms with van der Waals surface area (Å²) < 4.78 is 0. The molecule has 1 aromatic heterocycles. The molecule has 2 aromatic rings. The Morgan fingerprint density at radius 3 is 2.42 bits per heavy atom. The molecule has 4 N–H and O–H groups in total. The maximum absolute atomic E-state index is 12.4. The predicted octanol–water partition coefficient (Wildman–Crippen LogP) is 1.99. The summed E-state index contributed by atoms with van der Waals surface area (Å²) in [5.41, 5.74) is 6.97. The Labute approximate surface area is 141 Å². The highest BCUT2D eigenvalue weighted by Gasteiger charge is 2.24. The largest absolute Gasteiger partial charge is 0.384 e. The normalized spacial score (nSPS) is 11.8. The van der Waals surface area contributed by atoms with Crippen LogP contribution in [0.5, 0.6) is 0 Å². The van der Waals surface area contributed by atoms with Crippen molar-refractivity contribution in [2.24, 2.45) is 5.92 Å². The topological polar surface area (TPSA) is 97.1 Å². The van der Waals surface area contributed by atoms with Crippen LogP contribution >= 0.6 is 0 Å². The third kappa shape index (κ3) is 5.08. The standard InChI is InChI=1S/C18H22N4O2/c1-12(2)17(18(24)21-14-8-9-15(19)20-11-14)22-16(23)10-13-6-4-3-5-7-13/h3-9,11-12,17H,10H2,1-2H3,(H2,19,20)(H,21,24)(H,22,23). The molecule has 0 aliphatic heterocycles. The monoisotopic (exact) mass is 326 g/mol. The molecule has 1 heterocycles. The lowest BCUT2D eigenvalue weighted by molar-refractivity contribution is -0.127. The summed E-state index contributed by atoms with van der Waals surface area (Å²) in [6.45, 7) is 3.77. The minimum absolute atomic E-state index is 0.0496. The molecule has 24 heavy (non-hydrogen) atoms. The number of nitrogens with one attached hydrogen (secondary N) is 2. The van der Waals surface area contributed by atoms with Gasteiger partial charge in [0.25, 0.3) is 0 Å². The van der Waals surface area contributed by atoms with E-state index >= 15 is 0 Å². The first-order chi connectivity index (χ1) is 11.5. The molecule has 6 heteroatoms. The van der Waals surface area contributed by atoms with Crippen LogP contribution in [0.15, 0.2) is 48.7 Å². The van der Waals surface area contributed by atoms with Crippen LogP contribution in [-0.2, 0) is 16.0 Å². The number of rotatable bonds is 6. The molecule has 1 atom stereocenters. The smallest absolute Gasteiger partial charge is 0.247 e. The molecule has 2 amide bonds. The summed E-state index contributed by atoms with van der Waals surface area (Å²) in [5, 5.41) is 5.55. The van der Waals surface area contributed by atoms with E-state index < -0.39 is 6.04 Å². The lowest BCUT2D eigenvalue weighted by Gasteiger charge is -2.21. The van der Waals surface area contributed by atoms with E-state index in [1.807, 2.05) is 44.2 Å². The lowest BCUT2D eigenvalue weighted by atomic mass is 10.0. The van der Waals surface area contributed by atoms with Crippen LogP contribution in [0.2, 0.25) is 0 Å². The van der Waals surface area contributed by atoms with Gasteiger partial charge < -0.3 is 16.4 Å². The van der Waals surface area contributed by atoms with Gasteiger partial charge in [0.2, 0.25) is 11.8 Å². The number of nitrogen functional groups attached to an aromatic ring is 1. The van der Waals surface area contributed by atoms with Crippen molar-refractivity contribution in [2.45, 2.75) is 26.3 Å². The van der Waals surface area contributed by atoms with Crippen molar-refractivity contribution in [1.29, 1.82) is 0 Å². The molecule has 0 saturated heterocycles. The van der Waals surface area contributed by atoms with Crippen molar-refractivity contribution >= 4 is 23.3 Å². The maximum atomic E-state index is 12.4. The lowest BCUT2D eigenvalue weighted by Crippen LogP contribution is -2.47. The van der Waals surface area contributed by atoms with Crippen LogP contribution in [0.1, 0.15) is 19.4 Å². The fraction of sp³-hybridized carbons (Fsp3) is 0.278. The van der Waals surface area contributed by atoms with Crippen molar-refractivity contribution in [3.05, 3.63) is 54.2 Å². The Hall–Kier alpha value is -2.89. The third-order valence-corrected chi connectivity index (χ3v) is 3.53. The van der Waals surface area contributed by atoms with E-state index in [4.69, 9.17) is 5.73 Å². The van der Waals surface area contributed by atoms with Gasteiger partial charge in [0, 0.05) is 0 Å². The van der Waals surface area contributed by atoms with Gasteiger partial charge in [-0.05, 0) is 23.6 Å². The van der Waals surface area contributed by atoms with E-state index in [2.05, 4.69) is 15.6 Å². The summed E-state index contributed by atoms with van der Waals surface area (Å²) >= 11 is 0. The first-order valence-corrected chi connectivity index (χ1v) is 7.81. The second-order valence-electron chi connectivity index (χ2n) is 5.91. The van der Waals surface area contributed by atoms with E-state index in [0.29, 0.717) is 11.5 Å². The highest BCUT2D eigenvalue weighted by molar-refractivity contribution is 5.97. The quantitative estimate of drug-likeness (QED) is 0.756. The number of carbonyl (C=O) groups excluding carboxylic acids is 2. The minimum atomic E-state index is -0.626. The summed E-state index contributed by atoms with van der Waals surface area (Å²) in [5.74, 6) is -0.139. The first kappa shape index (κ1) is 17.5. The fourth-order valence-corrected chi connectivity index (χ4v) is 2.24. The molecule has 126 valence electrons. The van der Waals surface area contributed by atoms with Gasteiger partial charge in [0.15, 0.2) is 0 Å². The zero-order valence-corrected chi connectivity index (χ0v) is 13.8. The van der Waals surface area contributed by atoms with Crippen molar-refractivity contribution in [3.8, 4) is 0 Å².